The van der Waals surface area contributed by atoms with Gasteiger partial charge in [0.25, 0.3) is 0 Å². The highest BCUT2D eigenvalue weighted by atomic mass is 35.5. The van der Waals surface area contributed by atoms with Crippen LogP contribution in [0, 0.1) is 17.5 Å². The Morgan fingerprint density at radius 2 is 1.65 bits per heavy atom. The zero-order chi connectivity index (χ0) is 14.7. The highest BCUT2D eigenvalue weighted by Crippen LogP contribution is 2.32. The maximum atomic E-state index is 13.9. The first-order valence-electron chi connectivity index (χ1n) is 6.17. The van der Waals surface area contributed by atoms with E-state index in [1.54, 1.807) is 12.1 Å². The molecule has 0 radical (unpaired) electrons. The van der Waals surface area contributed by atoms with Crippen molar-refractivity contribution in [3.63, 3.8) is 0 Å². The zero-order valence-electron chi connectivity index (χ0n) is 10.8. The Kier molecular flexibility index (Phi) is 4.68. The summed E-state index contributed by atoms with van der Waals surface area (Å²) in [5, 5.41) is 3.08. The highest BCUT2D eigenvalue weighted by molar-refractivity contribution is 6.33. The summed E-state index contributed by atoms with van der Waals surface area (Å²) in [5.41, 5.74) is 1.13. The van der Waals surface area contributed by atoms with Crippen LogP contribution in [-0.4, -0.2) is 6.54 Å². The van der Waals surface area contributed by atoms with Crippen molar-refractivity contribution in [3.05, 3.63) is 58.4 Å². The molecule has 1 N–H and O–H groups in total. The van der Waals surface area contributed by atoms with Gasteiger partial charge in [0, 0.05) is 17.7 Å². The first kappa shape index (κ1) is 14.9. The van der Waals surface area contributed by atoms with Gasteiger partial charge in [-0.05, 0) is 36.4 Å². The first-order valence-corrected chi connectivity index (χ1v) is 6.54. The van der Waals surface area contributed by atoms with E-state index in [9.17, 15) is 13.2 Å². The summed E-state index contributed by atoms with van der Waals surface area (Å²) >= 11 is 5.88. The van der Waals surface area contributed by atoms with E-state index in [0.717, 1.165) is 24.2 Å². The summed E-state index contributed by atoms with van der Waals surface area (Å²) in [6.07, 6.45) is 0. The van der Waals surface area contributed by atoms with Crippen LogP contribution in [0.15, 0.2) is 30.3 Å². The lowest BCUT2D eigenvalue weighted by molar-refractivity contribution is 0.509. The molecule has 1 nitrogen and oxygen atoms in total. The van der Waals surface area contributed by atoms with Crippen molar-refractivity contribution in [2.75, 3.05) is 6.54 Å². The first-order chi connectivity index (χ1) is 9.52. The van der Waals surface area contributed by atoms with Gasteiger partial charge in [0.1, 0.15) is 5.82 Å². The second-order valence-electron chi connectivity index (χ2n) is 4.34. The minimum atomic E-state index is -1.05. The van der Waals surface area contributed by atoms with Crippen LogP contribution in [0.25, 0.3) is 11.1 Å². The molecular formula is C15H13ClF3N. The predicted octanol–water partition coefficient (Wildman–Crippen LogP) is 4.53. The second kappa shape index (κ2) is 6.29. The zero-order valence-corrected chi connectivity index (χ0v) is 11.6. The van der Waals surface area contributed by atoms with E-state index in [-0.39, 0.29) is 16.1 Å². The van der Waals surface area contributed by atoms with Crippen LogP contribution in [0.2, 0.25) is 5.02 Å². The van der Waals surface area contributed by atoms with Crippen LogP contribution in [0.3, 0.4) is 0 Å². The predicted molar refractivity (Wildman–Crippen MR) is 74.1 cm³/mol. The summed E-state index contributed by atoms with van der Waals surface area (Å²) < 4.78 is 40.3. The number of halogens is 4. The van der Waals surface area contributed by atoms with Gasteiger partial charge in [0.05, 0.1) is 5.02 Å². The molecule has 0 aliphatic heterocycles. The fourth-order valence-electron chi connectivity index (χ4n) is 1.89. The fourth-order valence-corrected chi connectivity index (χ4v) is 2.14. The maximum absolute atomic E-state index is 13.9. The smallest absolute Gasteiger partial charge is 0.160 e. The fraction of sp³-hybridized carbons (Fsp3) is 0.200. The van der Waals surface area contributed by atoms with Crippen LogP contribution in [0.5, 0.6) is 0 Å². The molecule has 0 atom stereocenters. The Morgan fingerprint density at radius 1 is 0.950 bits per heavy atom. The van der Waals surface area contributed by atoms with E-state index in [4.69, 9.17) is 11.6 Å². The molecule has 0 heterocycles. The lowest BCUT2D eigenvalue weighted by Gasteiger charge is -2.10. The summed E-state index contributed by atoms with van der Waals surface area (Å²) in [6.45, 7) is 3.29. The Hall–Kier alpha value is -1.52. The molecule has 0 amide bonds. The number of hydrogen-bond donors (Lipinski definition) is 1. The largest absolute Gasteiger partial charge is 0.313 e. The summed E-state index contributed by atoms with van der Waals surface area (Å²) in [7, 11) is 0. The van der Waals surface area contributed by atoms with Gasteiger partial charge >= 0.3 is 0 Å². The maximum Gasteiger partial charge on any atom is 0.160 e. The van der Waals surface area contributed by atoms with Crippen LogP contribution < -0.4 is 5.32 Å². The molecule has 0 aromatic heterocycles. The van der Waals surface area contributed by atoms with Crippen LogP contribution in [-0.2, 0) is 6.54 Å². The minimum absolute atomic E-state index is 0.0246. The normalized spacial score (nSPS) is 10.8. The molecule has 5 heteroatoms. The van der Waals surface area contributed by atoms with Crippen LogP contribution in [0.4, 0.5) is 13.2 Å². The molecule has 0 unspecified atom stereocenters. The molecule has 0 aliphatic carbocycles. The second-order valence-corrected chi connectivity index (χ2v) is 4.75. The highest BCUT2D eigenvalue weighted by Gasteiger charge is 2.14. The number of hydrogen-bond acceptors (Lipinski definition) is 1. The van der Waals surface area contributed by atoms with Crippen molar-refractivity contribution in [2.24, 2.45) is 0 Å². The van der Waals surface area contributed by atoms with E-state index in [1.165, 1.54) is 6.07 Å². The van der Waals surface area contributed by atoms with E-state index in [0.29, 0.717) is 6.54 Å². The molecule has 0 fully saturated rings. The molecule has 20 heavy (non-hydrogen) atoms. The van der Waals surface area contributed by atoms with Gasteiger partial charge in [-0.2, -0.15) is 0 Å². The summed E-state index contributed by atoms with van der Waals surface area (Å²) in [6, 6.07) is 6.27. The summed E-state index contributed by atoms with van der Waals surface area (Å²) in [4.78, 5) is 0. The average Bonchev–Trinajstić information content (AvgIpc) is 2.42. The third-order valence-corrected chi connectivity index (χ3v) is 3.22. The van der Waals surface area contributed by atoms with Gasteiger partial charge in [0.15, 0.2) is 11.6 Å². The Bertz CT molecular complexity index is 629. The molecule has 0 saturated heterocycles. The van der Waals surface area contributed by atoms with Crippen molar-refractivity contribution in [3.8, 4) is 11.1 Å². The molecule has 0 saturated carbocycles. The van der Waals surface area contributed by atoms with Gasteiger partial charge in [-0.25, -0.2) is 13.2 Å². The van der Waals surface area contributed by atoms with Crippen molar-refractivity contribution >= 4 is 11.6 Å². The molecule has 2 aromatic carbocycles. The van der Waals surface area contributed by atoms with E-state index in [2.05, 4.69) is 5.32 Å². The topological polar surface area (TPSA) is 12.0 Å². The molecule has 0 bridgehead atoms. The van der Waals surface area contributed by atoms with Crippen molar-refractivity contribution < 1.29 is 13.2 Å². The quantitative estimate of drug-likeness (QED) is 0.818. The standard InChI is InChI=1S/C15H13ClF3N/c1-2-20-8-9-3-4-13(17)11(5-9)10-6-14(18)15(19)7-12(10)16/h3-7,20H,2,8H2,1H3. The third kappa shape index (κ3) is 3.14. The van der Waals surface area contributed by atoms with Crippen molar-refractivity contribution in [1.82, 2.24) is 5.32 Å². The van der Waals surface area contributed by atoms with Gasteiger partial charge in [-0.1, -0.05) is 24.6 Å². The van der Waals surface area contributed by atoms with E-state index < -0.39 is 17.5 Å². The van der Waals surface area contributed by atoms with Gasteiger partial charge in [0.2, 0.25) is 0 Å². The van der Waals surface area contributed by atoms with Crippen LogP contribution >= 0.6 is 11.6 Å². The van der Waals surface area contributed by atoms with E-state index in [1.807, 2.05) is 6.92 Å². The Morgan fingerprint density at radius 3 is 2.35 bits per heavy atom. The third-order valence-electron chi connectivity index (χ3n) is 2.91. The number of nitrogens with one attached hydrogen (secondary N) is 1. The Balaban J connectivity index is 2.48. The molecule has 0 spiro atoms. The molecule has 2 aromatic rings. The minimum Gasteiger partial charge on any atom is -0.313 e. The molecule has 0 aliphatic rings. The van der Waals surface area contributed by atoms with Gasteiger partial charge < -0.3 is 5.32 Å². The van der Waals surface area contributed by atoms with Crippen molar-refractivity contribution in [2.45, 2.75) is 13.5 Å². The van der Waals surface area contributed by atoms with Crippen molar-refractivity contribution in [1.29, 1.82) is 0 Å². The van der Waals surface area contributed by atoms with Gasteiger partial charge in [-0.15, -0.1) is 0 Å². The monoisotopic (exact) mass is 299 g/mol. The van der Waals surface area contributed by atoms with Crippen LogP contribution in [0.1, 0.15) is 12.5 Å². The molecule has 2 rings (SSSR count). The molecular weight excluding hydrogens is 287 g/mol. The lowest BCUT2D eigenvalue weighted by Crippen LogP contribution is -2.11. The summed E-state index contributed by atoms with van der Waals surface area (Å²) in [5.74, 6) is -2.64. The SMILES string of the molecule is CCNCc1ccc(F)c(-c2cc(F)c(F)cc2Cl)c1. The molecule has 106 valence electrons. The average molecular weight is 300 g/mol. The lowest BCUT2D eigenvalue weighted by atomic mass is 10.0. The van der Waals surface area contributed by atoms with E-state index >= 15 is 0 Å². The number of rotatable bonds is 4. The number of benzene rings is 2. The van der Waals surface area contributed by atoms with Gasteiger partial charge in [-0.3, -0.25) is 0 Å². The Labute approximate surface area is 120 Å².